The second kappa shape index (κ2) is 4.50. The number of methoxy groups -OCH3 is 1. The van der Waals surface area contributed by atoms with Crippen molar-refractivity contribution in [3.8, 4) is 5.75 Å². The maximum Gasteiger partial charge on any atom is 0.351 e. The molecule has 1 aromatic rings. The number of benzene rings is 1. The molecule has 0 aliphatic heterocycles. The van der Waals surface area contributed by atoms with Crippen molar-refractivity contribution < 1.29 is 12.6 Å². The molecule has 0 bridgehead atoms. The molecule has 0 atom stereocenters. The molecule has 1 rings (SSSR count). The Balaban J connectivity index is 3.15. The fourth-order valence-electron chi connectivity index (χ4n) is 1.02. The van der Waals surface area contributed by atoms with Crippen molar-refractivity contribution >= 4 is 42.3 Å². The molecule has 0 saturated carbocycles. The van der Waals surface area contributed by atoms with Gasteiger partial charge in [0, 0.05) is 0 Å². The standard InChI is InChI=1S/C8H8BIO3/c1-12-7-3-2-5(9)4-6(7)8(11)13-10/h2-4H,9H2,1H3. The second-order valence-corrected chi connectivity index (χ2v) is 3.01. The smallest absolute Gasteiger partial charge is 0.351 e. The third-order valence-corrected chi connectivity index (χ3v) is 2.04. The lowest BCUT2D eigenvalue weighted by Crippen LogP contribution is -2.09. The van der Waals surface area contributed by atoms with Crippen LogP contribution in [0.5, 0.6) is 5.75 Å². The van der Waals surface area contributed by atoms with Gasteiger partial charge in [0.25, 0.3) is 0 Å². The summed E-state index contributed by atoms with van der Waals surface area (Å²) in [7, 11) is 3.43. The van der Waals surface area contributed by atoms with E-state index in [4.69, 9.17) is 4.74 Å². The molecular weight excluding hydrogens is 282 g/mol. The van der Waals surface area contributed by atoms with Gasteiger partial charge in [-0.3, -0.25) is 0 Å². The van der Waals surface area contributed by atoms with Crippen LogP contribution >= 0.6 is 23.0 Å². The monoisotopic (exact) mass is 290 g/mol. The van der Waals surface area contributed by atoms with Crippen molar-refractivity contribution in [3.05, 3.63) is 23.8 Å². The van der Waals surface area contributed by atoms with Crippen LogP contribution in [0.3, 0.4) is 0 Å². The minimum atomic E-state index is -0.388. The molecule has 0 heterocycles. The highest BCUT2D eigenvalue weighted by molar-refractivity contribution is 14.1. The van der Waals surface area contributed by atoms with Crippen LogP contribution in [0.15, 0.2) is 18.2 Å². The molecule has 0 aliphatic carbocycles. The minimum absolute atomic E-state index is 0.388. The van der Waals surface area contributed by atoms with Gasteiger partial charge in [-0.1, -0.05) is 17.6 Å². The first-order valence-electron chi connectivity index (χ1n) is 3.66. The van der Waals surface area contributed by atoms with E-state index < -0.39 is 0 Å². The number of hydrogen-bond donors (Lipinski definition) is 0. The Labute approximate surface area is 91.5 Å². The van der Waals surface area contributed by atoms with E-state index in [0.29, 0.717) is 11.3 Å². The Bertz CT molecular complexity index is 327. The summed E-state index contributed by atoms with van der Waals surface area (Å²) in [6.45, 7) is 0. The molecule has 13 heavy (non-hydrogen) atoms. The van der Waals surface area contributed by atoms with Crippen molar-refractivity contribution in [1.82, 2.24) is 0 Å². The van der Waals surface area contributed by atoms with Crippen molar-refractivity contribution in [2.45, 2.75) is 0 Å². The highest BCUT2D eigenvalue weighted by Crippen LogP contribution is 2.17. The van der Waals surface area contributed by atoms with E-state index >= 15 is 0 Å². The van der Waals surface area contributed by atoms with E-state index in [-0.39, 0.29) is 5.97 Å². The molecular formula is C8H8BIO3. The van der Waals surface area contributed by atoms with E-state index in [1.807, 2.05) is 13.9 Å². The molecule has 0 fully saturated rings. The molecule has 0 saturated heterocycles. The highest BCUT2D eigenvalue weighted by atomic mass is 127. The molecule has 0 aliphatic rings. The SMILES string of the molecule is Bc1ccc(OC)c(C(=O)OI)c1. The molecule has 0 unspecified atom stereocenters. The van der Waals surface area contributed by atoms with Gasteiger partial charge in [-0.2, -0.15) is 0 Å². The molecule has 0 radical (unpaired) electrons. The zero-order valence-electron chi connectivity index (χ0n) is 7.33. The minimum Gasteiger partial charge on any atom is -0.496 e. The lowest BCUT2D eigenvalue weighted by atomic mass is 9.94. The van der Waals surface area contributed by atoms with Gasteiger partial charge in [0.15, 0.2) is 23.0 Å². The van der Waals surface area contributed by atoms with E-state index in [9.17, 15) is 4.79 Å². The number of hydrogen-bond acceptors (Lipinski definition) is 3. The first-order chi connectivity index (χ1) is 6.19. The largest absolute Gasteiger partial charge is 0.496 e. The van der Waals surface area contributed by atoms with E-state index in [1.165, 1.54) is 7.11 Å². The molecule has 3 nitrogen and oxygen atoms in total. The van der Waals surface area contributed by atoms with Gasteiger partial charge in [-0.05, 0) is 6.07 Å². The number of ether oxygens (including phenoxy) is 1. The van der Waals surface area contributed by atoms with Gasteiger partial charge >= 0.3 is 5.97 Å². The maximum atomic E-state index is 11.2. The summed E-state index contributed by atoms with van der Waals surface area (Å²) >= 11 is 1.56. The number of halogens is 1. The van der Waals surface area contributed by atoms with Crippen molar-refractivity contribution in [3.63, 3.8) is 0 Å². The van der Waals surface area contributed by atoms with Gasteiger partial charge in [0.2, 0.25) is 0 Å². The van der Waals surface area contributed by atoms with Crippen LogP contribution in [0.2, 0.25) is 0 Å². The zero-order valence-corrected chi connectivity index (χ0v) is 9.49. The van der Waals surface area contributed by atoms with Crippen LogP contribution in [-0.4, -0.2) is 20.9 Å². The summed E-state index contributed by atoms with van der Waals surface area (Å²) in [4.78, 5) is 11.2. The number of rotatable bonds is 2. The summed E-state index contributed by atoms with van der Waals surface area (Å²) in [5.41, 5.74) is 1.45. The quantitative estimate of drug-likeness (QED) is 0.586. The Morgan fingerprint density at radius 1 is 1.54 bits per heavy atom. The first kappa shape index (κ1) is 10.4. The third-order valence-electron chi connectivity index (χ3n) is 1.64. The van der Waals surface area contributed by atoms with Gasteiger partial charge in [-0.25, -0.2) is 4.79 Å². The van der Waals surface area contributed by atoms with Crippen molar-refractivity contribution in [2.75, 3.05) is 7.11 Å². The van der Waals surface area contributed by atoms with Crippen LogP contribution < -0.4 is 10.2 Å². The maximum absolute atomic E-state index is 11.2. The molecule has 0 spiro atoms. The summed E-state index contributed by atoms with van der Waals surface area (Å²) in [5, 5.41) is 0. The van der Waals surface area contributed by atoms with Crippen LogP contribution in [0.25, 0.3) is 0 Å². The van der Waals surface area contributed by atoms with Gasteiger partial charge < -0.3 is 7.80 Å². The van der Waals surface area contributed by atoms with Gasteiger partial charge in [-0.15, -0.1) is 0 Å². The molecule has 0 aromatic heterocycles. The van der Waals surface area contributed by atoms with Crippen LogP contribution in [0.1, 0.15) is 10.4 Å². The molecule has 68 valence electrons. The van der Waals surface area contributed by atoms with Gasteiger partial charge in [0.05, 0.1) is 7.11 Å². The number of carbonyl (C=O) groups excluding carboxylic acids is 1. The zero-order chi connectivity index (χ0) is 9.84. The molecule has 1 aromatic carbocycles. The summed E-state index contributed by atoms with van der Waals surface area (Å²) in [5.74, 6) is 0.147. The Hall–Kier alpha value is -0.715. The van der Waals surface area contributed by atoms with E-state index in [0.717, 1.165) is 5.46 Å². The summed E-state index contributed by atoms with van der Waals surface area (Å²) in [6, 6.07) is 5.36. The van der Waals surface area contributed by atoms with Crippen LogP contribution in [-0.2, 0) is 3.07 Å². The van der Waals surface area contributed by atoms with E-state index in [1.54, 1.807) is 35.1 Å². The second-order valence-electron chi connectivity index (χ2n) is 2.57. The van der Waals surface area contributed by atoms with Crippen LogP contribution in [0.4, 0.5) is 0 Å². The van der Waals surface area contributed by atoms with Crippen molar-refractivity contribution in [2.24, 2.45) is 0 Å². The molecule has 0 N–H and O–H groups in total. The van der Waals surface area contributed by atoms with Crippen molar-refractivity contribution in [1.29, 1.82) is 0 Å². The van der Waals surface area contributed by atoms with Crippen LogP contribution in [0, 0.1) is 0 Å². The summed E-state index contributed by atoms with van der Waals surface area (Å²) in [6.07, 6.45) is 0. The average molecular weight is 290 g/mol. The predicted octanol–water partition coefficient (Wildman–Crippen LogP) is 0.460. The average Bonchev–Trinajstić information content (AvgIpc) is 2.16. The molecule has 0 amide bonds. The Kier molecular flexibility index (Phi) is 3.59. The Morgan fingerprint density at radius 2 is 2.23 bits per heavy atom. The normalized spacial score (nSPS) is 9.38. The lowest BCUT2D eigenvalue weighted by molar-refractivity contribution is 0.0797. The third kappa shape index (κ3) is 2.36. The predicted molar refractivity (Wildman–Crippen MR) is 60.6 cm³/mol. The fourth-order valence-corrected chi connectivity index (χ4v) is 1.26. The fraction of sp³-hybridized carbons (Fsp3) is 0.125. The lowest BCUT2D eigenvalue weighted by Gasteiger charge is -2.06. The topological polar surface area (TPSA) is 35.5 Å². The Morgan fingerprint density at radius 3 is 2.77 bits per heavy atom. The summed E-state index contributed by atoms with van der Waals surface area (Å²) < 4.78 is 9.60. The number of carbonyl (C=O) groups is 1. The first-order valence-corrected chi connectivity index (χ1v) is 4.54. The van der Waals surface area contributed by atoms with Gasteiger partial charge in [0.1, 0.15) is 19.2 Å². The molecule has 5 heteroatoms. The highest BCUT2D eigenvalue weighted by Gasteiger charge is 2.12. The van der Waals surface area contributed by atoms with E-state index in [2.05, 4.69) is 3.07 Å².